The van der Waals surface area contributed by atoms with Crippen LogP contribution in [0.15, 0.2) is 29.3 Å². The van der Waals surface area contributed by atoms with Gasteiger partial charge in [-0.25, -0.2) is 0 Å². The van der Waals surface area contributed by atoms with Crippen LogP contribution in [0.25, 0.3) is 0 Å². The molecule has 1 aliphatic heterocycles. The molecule has 0 radical (unpaired) electrons. The highest BCUT2D eigenvalue weighted by molar-refractivity contribution is 5.79. The van der Waals surface area contributed by atoms with E-state index in [4.69, 9.17) is 9.47 Å². The van der Waals surface area contributed by atoms with Gasteiger partial charge < -0.3 is 19.7 Å². The normalized spacial score (nSPS) is 19.9. The van der Waals surface area contributed by atoms with Crippen LogP contribution in [-0.4, -0.2) is 49.8 Å². The molecule has 1 aromatic carbocycles. The van der Waals surface area contributed by atoms with Gasteiger partial charge in [0.05, 0.1) is 12.2 Å². The number of nitrogens with one attached hydrogen (secondary N) is 1. The van der Waals surface area contributed by atoms with Gasteiger partial charge in [0.15, 0.2) is 5.96 Å². The number of nitrogens with zero attached hydrogens (tertiary/aromatic N) is 2. The molecule has 1 saturated carbocycles. The Morgan fingerprint density at radius 1 is 1.04 bits per heavy atom. The van der Waals surface area contributed by atoms with Gasteiger partial charge in [-0.05, 0) is 63.1 Å². The Morgan fingerprint density at radius 3 is 2.37 bits per heavy atom. The van der Waals surface area contributed by atoms with Crippen molar-refractivity contribution in [3.63, 3.8) is 0 Å². The minimum Gasteiger partial charge on any atom is -0.490 e. The third kappa shape index (κ3) is 6.13. The van der Waals surface area contributed by atoms with Gasteiger partial charge in [0.25, 0.3) is 0 Å². The summed E-state index contributed by atoms with van der Waals surface area (Å²) in [6.45, 7) is 5.65. The maximum Gasteiger partial charge on any atom is 0.193 e. The molecule has 1 heterocycles. The minimum atomic E-state index is 0.404. The summed E-state index contributed by atoms with van der Waals surface area (Å²) >= 11 is 0. The number of aliphatic imine (C=N–C) groups is 1. The number of piperidine rings is 1. The van der Waals surface area contributed by atoms with Gasteiger partial charge in [-0.3, -0.25) is 4.99 Å². The van der Waals surface area contributed by atoms with Crippen LogP contribution in [0.5, 0.6) is 5.75 Å². The number of benzene rings is 1. The van der Waals surface area contributed by atoms with Gasteiger partial charge in [0, 0.05) is 33.3 Å². The highest BCUT2D eigenvalue weighted by atomic mass is 16.5. The molecule has 27 heavy (non-hydrogen) atoms. The second-order valence-corrected chi connectivity index (χ2v) is 7.56. The topological polar surface area (TPSA) is 46.1 Å². The second kappa shape index (κ2) is 10.5. The number of hydrogen-bond acceptors (Lipinski definition) is 3. The monoisotopic (exact) mass is 373 g/mol. The first-order chi connectivity index (χ1) is 13.3. The molecule has 0 unspecified atom stereocenters. The van der Waals surface area contributed by atoms with Crippen LogP contribution in [0.3, 0.4) is 0 Å². The zero-order valence-corrected chi connectivity index (χ0v) is 17.0. The van der Waals surface area contributed by atoms with Gasteiger partial charge in [0.2, 0.25) is 0 Å². The molecule has 1 aliphatic carbocycles. The van der Waals surface area contributed by atoms with Crippen molar-refractivity contribution >= 4 is 5.96 Å². The summed E-state index contributed by atoms with van der Waals surface area (Å²) < 4.78 is 11.9. The molecule has 2 fully saturated rings. The molecular formula is C22H35N3O2. The molecule has 0 atom stereocenters. The molecule has 5 nitrogen and oxygen atoms in total. The first-order valence-corrected chi connectivity index (χ1v) is 10.6. The van der Waals surface area contributed by atoms with Crippen LogP contribution < -0.4 is 10.1 Å². The number of guanidine groups is 1. The van der Waals surface area contributed by atoms with E-state index in [1.807, 2.05) is 7.05 Å². The Hall–Kier alpha value is -1.75. The lowest BCUT2D eigenvalue weighted by Crippen LogP contribution is -2.46. The van der Waals surface area contributed by atoms with E-state index in [0.29, 0.717) is 12.2 Å². The van der Waals surface area contributed by atoms with Crippen molar-refractivity contribution in [1.29, 1.82) is 0 Å². The van der Waals surface area contributed by atoms with Crippen LogP contribution in [0.4, 0.5) is 0 Å². The number of rotatable bonds is 6. The van der Waals surface area contributed by atoms with Crippen LogP contribution in [-0.2, 0) is 11.3 Å². The summed E-state index contributed by atoms with van der Waals surface area (Å²) in [5.41, 5.74) is 1.25. The van der Waals surface area contributed by atoms with E-state index in [9.17, 15) is 0 Å². The summed E-state index contributed by atoms with van der Waals surface area (Å²) in [7, 11) is 1.86. The fraction of sp³-hybridized carbons (Fsp3) is 0.682. The summed E-state index contributed by atoms with van der Waals surface area (Å²) in [4.78, 5) is 6.79. The van der Waals surface area contributed by atoms with Gasteiger partial charge in [-0.1, -0.05) is 18.6 Å². The van der Waals surface area contributed by atoms with Gasteiger partial charge >= 0.3 is 0 Å². The molecule has 0 bridgehead atoms. The lowest BCUT2D eigenvalue weighted by Gasteiger charge is -2.34. The van der Waals surface area contributed by atoms with E-state index >= 15 is 0 Å². The third-order valence-electron chi connectivity index (χ3n) is 5.58. The Morgan fingerprint density at radius 2 is 1.74 bits per heavy atom. The van der Waals surface area contributed by atoms with Crippen molar-refractivity contribution in [2.24, 2.45) is 4.99 Å². The van der Waals surface area contributed by atoms with E-state index in [0.717, 1.165) is 50.8 Å². The van der Waals surface area contributed by atoms with Crippen molar-refractivity contribution in [2.75, 3.05) is 26.7 Å². The second-order valence-electron chi connectivity index (χ2n) is 7.56. The maximum atomic E-state index is 6.12. The van der Waals surface area contributed by atoms with E-state index in [1.165, 1.54) is 37.7 Å². The lowest BCUT2D eigenvalue weighted by molar-refractivity contribution is 0.0263. The fourth-order valence-electron chi connectivity index (χ4n) is 4.04. The molecule has 0 aromatic heterocycles. The lowest BCUT2D eigenvalue weighted by atomic mass is 9.98. The van der Waals surface area contributed by atoms with Crippen molar-refractivity contribution in [3.05, 3.63) is 29.8 Å². The zero-order chi connectivity index (χ0) is 18.9. The van der Waals surface area contributed by atoms with Crippen LogP contribution in [0, 0.1) is 0 Å². The fourth-order valence-corrected chi connectivity index (χ4v) is 4.04. The highest BCUT2D eigenvalue weighted by Crippen LogP contribution is 2.23. The zero-order valence-electron chi connectivity index (χ0n) is 17.0. The molecule has 150 valence electrons. The molecule has 3 rings (SSSR count). The van der Waals surface area contributed by atoms with Crippen LogP contribution in [0.1, 0.15) is 57.4 Å². The molecule has 5 heteroatoms. The molecule has 1 N–H and O–H groups in total. The first-order valence-electron chi connectivity index (χ1n) is 10.6. The molecule has 0 spiro atoms. The summed E-state index contributed by atoms with van der Waals surface area (Å²) in [6, 6.07) is 8.50. The van der Waals surface area contributed by atoms with Gasteiger partial charge in [-0.2, -0.15) is 0 Å². The van der Waals surface area contributed by atoms with E-state index < -0.39 is 0 Å². The quantitative estimate of drug-likeness (QED) is 0.605. The molecule has 0 amide bonds. The highest BCUT2D eigenvalue weighted by Gasteiger charge is 2.21. The standard InChI is InChI=1S/C22H35N3O2/c1-3-26-19-13-15-25(16-14-19)22(23-2)24-17-18-9-11-21(12-10-18)27-20-7-5-4-6-8-20/h9-12,19-20H,3-8,13-17H2,1-2H3,(H,23,24). The third-order valence-corrected chi connectivity index (χ3v) is 5.58. The largest absolute Gasteiger partial charge is 0.490 e. The van der Waals surface area contributed by atoms with Crippen LogP contribution >= 0.6 is 0 Å². The average Bonchev–Trinajstić information content (AvgIpc) is 2.72. The SMILES string of the molecule is CCOC1CCN(C(=NC)NCc2ccc(OC3CCCCC3)cc2)CC1. The molecule has 1 aromatic rings. The van der Waals surface area contributed by atoms with Crippen LogP contribution in [0.2, 0.25) is 0 Å². The predicted octanol–water partition coefficient (Wildman–Crippen LogP) is 3.97. The van der Waals surface area contributed by atoms with Crippen molar-refractivity contribution < 1.29 is 9.47 Å². The molecule has 2 aliphatic rings. The first kappa shape index (κ1) is 20.0. The summed E-state index contributed by atoms with van der Waals surface area (Å²) in [5.74, 6) is 1.97. The number of ether oxygens (including phenoxy) is 2. The molecular weight excluding hydrogens is 338 g/mol. The predicted molar refractivity (Wildman–Crippen MR) is 110 cm³/mol. The van der Waals surface area contributed by atoms with Crippen molar-refractivity contribution in [1.82, 2.24) is 10.2 Å². The smallest absolute Gasteiger partial charge is 0.193 e. The maximum absolute atomic E-state index is 6.12. The Bertz CT molecular complexity index is 574. The Kier molecular flexibility index (Phi) is 7.81. The van der Waals surface area contributed by atoms with Gasteiger partial charge in [-0.15, -0.1) is 0 Å². The van der Waals surface area contributed by atoms with Crippen molar-refractivity contribution in [3.8, 4) is 5.75 Å². The van der Waals surface area contributed by atoms with E-state index in [1.54, 1.807) is 0 Å². The van der Waals surface area contributed by atoms with E-state index in [2.05, 4.69) is 46.4 Å². The Balaban J connectivity index is 1.44. The number of likely N-dealkylation sites (tertiary alicyclic amines) is 1. The Labute approximate surface area is 164 Å². The minimum absolute atomic E-state index is 0.404. The summed E-state index contributed by atoms with van der Waals surface area (Å²) in [5, 5.41) is 3.50. The average molecular weight is 374 g/mol. The van der Waals surface area contributed by atoms with Crippen molar-refractivity contribution in [2.45, 2.75) is 70.6 Å². The van der Waals surface area contributed by atoms with Gasteiger partial charge in [0.1, 0.15) is 5.75 Å². The molecule has 1 saturated heterocycles. The van der Waals surface area contributed by atoms with E-state index in [-0.39, 0.29) is 0 Å². The number of hydrogen-bond donors (Lipinski definition) is 1. The summed E-state index contributed by atoms with van der Waals surface area (Å²) in [6.07, 6.45) is 9.29.